The molecule has 34 heavy (non-hydrogen) atoms. The highest BCUT2D eigenvalue weighted by molar-refractivity contribution is 5.85. The van der Waals surface area contributed by atoms with E-state index in [2.05, 4.69) is 43.0 Å². The molecule has 0 saturated carbocycles. The van der Waals surface area contributed by atoms with Crippen LogP contribution in [0.3, 0.4) is 0 Å². The topological polar surface area (TPSA) is 86.3 Å². The Kier molecular flexibility index (Phi) is 11.3. The molecule has 7 heteroatoms. The van der Waals surface area contributed by atoms with E-state index in [1.165, 1.54) is 26.4 Å². The van der Waals surface area contributed by atoms with E-state index in [1.54, 1.807) is 19.2 Å². The number of anilines is 1. The second-order valence-electron chi connectivity index (χ2n) is 8.93. The van der Waals surface area contributed by atoms with Gasteiger partial charge in [0.25, 0.3) is 0 Å². The van der Waals surface area contributed by atoms with Crippen molar-refractivity contribution in [1.29, 1.82) is 0 Å². The van der Waals surface area contributed by atoms with E-state index in [-0.39, 0.29) is 25.6 Å². The molecule has 0 bridgehead atoms. The first-order valence-electron chi connectivity index (χ1n) is 11.8. The molecule has 0 aromatic heterocycles. The minimum absolute atomic E-state index is 0.0558. The van der Waals surface area contributed by atoms with Crippen LogP contribution < -0.4 is 10.1 Å². The van der Waals surface area contributed by atoms with Gasteiger partial charge in [0.15, 0.2) is 6.79 Å². The van der Waals surface area contributed by atoms with Crippen LogP contribution in [0, 0.1) is 0 Å². The Morgan fingerprint density at radius 2 is 1.79 bits per heavy atom. The number of aliphatic hydroxyl groups is 1. The van der Waals surface area contributed by atoms with Crippen LogP contribution in [-0.4, -0.2) is 39.0 Å². The number of aliphatic hydroxyl groups excluding tert-OH is 1. The van der Waals surface area contributed by atoms with Gasteiger partial charge in [0.2, 0.25) is 0 Å². The smallest absolute Gasteiger partial charge is 0.411 e. The van der Waals surface area contributed by atoms with Crippen LogP contribution in [0.5, 0.6) is 5.75 Å². The van der Waals surface area contributed by atoms with Crippen molar-refractivity contribution in [2.45, 2.75) is 64.9 Å². The van der Waals surface area contributed by atoms with E-state index in [0.717, 1.165) is 35.1 Å². The molecule has 2 aromatic rings. The molecule has 188 valence electrons. The van der Waals surface area contributed by atoms with Gasteiger partial charge in [-0.25, -0.2) is 4.79 Å². The molecule has 0 radical (unpaired) electrons. The zero-order valence-corrected chi connectivity index (χ0v) is 21.1. The maximum atomic E-state index is 11.5. The number of benzene rings is 2. The van der Waals surface area contributed by atoms with Crippen molar-refractivity contribution in [2.24, 2.45) is 0 Å². The number of carbonyl (C=O) groups excluding carboxylic acids is 1. The fourth-order valence-corrected chi connectivity index (χ4v) is 3.92. The van der Waals surface area contributed by atoms with Gasteiger partial charge in [-0.15, -0.1) is 0 Å². The van der Waals surface area contributed by atoms with Gasteiger partial charge in [0, 0.05) is 18.4 Å². The largest absolute Gasteiger partial charge is 0.467 e. The predicted octanol–water partition coefficient (Wildman–Crippen LogP) is 6.23. The van der Waals surface area contributed by atoms with Crippen LogP contribution >= 0.6 is 0 Å². The Labute approximate surface area is 203 Å². The summed E-state index contributed by atoms with van der Waals surface area (Å²) in [6.07, 6.45) is 5.36. The van der Waals surface area contributed by atoms with E-state index < -0.39 is 6.09 Å². The Morgan fingerprint density at radius 1 is 1.06 bits per heavy atom. The summed E-state index contributed by atoms with van der Waals surface area (Å²) in [5.74, 6) is 0.686. The third kappa shape index (κ3) is 8.01. The van der Waals surface area contributed by atoms with Gasteiger partial charge >= 0.3 is 6.09 Å². The summed E-state index contributed by atoms with van der Waals surface area (Å²) < 4.78 is 21.3. The van der Waals surface area contributed by atoms with Crippen molar-refractivity contribution in [2.75, 3.05) is 33.1 Å². The quantitative estimate of drug-likeness (QED) is 0.250. The van der Waals surface area contributed by atoms with E-state index in [1.807, 2.05) is 12.1 Å². The summed E-state index contributed by atoms with van der Waals surface area (Å²) in [4.78, 5) is 11.5. The lowest BCUT2D eigenvalue weighted by Crippen LogP contribution is -2.18. The Hall–Kier alpha value is -2.61. The summed E-state index contributed by atoms with van der Waals surface area (Å²) in [5, 5.41) is 12.0. The van der Waals surface area contributed by atoms with Gasteiger partial charge in [-0.3, -0.25) is 5.32 Å². The molecule has 2 rings (SSSR count). The molecule has 2 N–H and O–H groups in total. The highest BCUT2D eigenvalue weighted by atomic mass is 16.7. The molecular formula is C27H39NO6. The van der Waals surface area contributed by atoms with Crippen molar-refractivity contribution in [3.63, 3.8) is 0 Å². The number of methoxy groups -OCH3 is 2. The Bertz CT molecular complexity index is 865. The van der Waals surface area contributed by atoms with Crippen molar-refractivity contribution >= 4 is 11.8 Å². The van der Waals surface area contributed by atoms with Gasteiger partial charge in [0.1, 0.15) is 12.5 Å². The van der Waals surface area contributed by atoms with E-state index >= 15 is 0 Å². The predicted molar refractivity (Wildman–Crippen MR) is 134 cm³/mol. The summed E-state index contributed by atoms with van der Waals surface area (Å²) in [6.45, 7) is 6.68. The molecule has 0 aliphatic carbocycles. The summed E-state index contributed by atoms with van der Waals surface area (Å²) >= 11 is 0. The number of unbranched alkanes of at least 4 members (excludes halogenated alkanes) is 3. The van der Waals surface area contributed by atoms with Crippen LogP contribution in [0.2, 0.25) is 0 Å². The first kappa shape index (κ1) is 27.6. The summed E-state index contributed by atoms with van der Waals surface area (Å²) in [7, 11) is 2.91. The molecule has 0 spiro atoms. The summed E-state index contributed by atoms with van der Waals surface area (Å²) in [5.41, 5.74) is 4.38. The number of amides is 1. The lowest BCUT2D eigenvalue weighted by Gasteiger charge is -2.28. The lowest BCUT2D eigenvalue weighted by atomic mass is 9.78. The fraction of sp³-hybridized carbons (Fsp3) is 0.519. The Balaban J connectivity index is 2.49. The molecule has 0 aliphatic rings. The van der Waals surface area contributed by atoms with Gasteiger partial charge in [-0.1, -0.05) is 64.7 Å². The normalized spacial score (nSPS) is 11.4. The average Bonchev–Trinajstić information content (AvgIpc) is 2.84. The standard InChI is InChI=1S/C27H39NO6/c1-6-7-8-9-14-27(2,3)22-15-21(17-33-18-29)25(24(16-22)34-19-31-4)20-10-12-23(13-11-20)28-26(30)32-5/h10-13,15-16,29H,6-9,14,17-19H2,1-5H3,(H,28,30). The molecule has 0 atom stereocenters. The van der Waals surface area contributed by atoms with Gasteiger partial charge in [-0.05, 0) is 46.7 Å². The number of ether oxygens (including phenoxy) is 4. The molecule has 0 aliphatic heterocycles. The minimum atomic E-state index is -0.528. The van der Waals surface area contributed by atoms with Crippen LogP contribution in [0.1, 0.15) is 64.0 Å². The number of carbonyl (C=O) groups is 1. The van der Waals surface area contributed by atoms with Gasteiger partial charge in [-0.2, -0.15) is 0 Å². The van der Waals surface area contributed by atoms with E-state index in [4.69, 9.17) is 14.2 Å². The second-order valence-corrected chi connectivity index (χ2v) is 8.93. The third-order valence-corrected chi connectivity index (χ3v) is 5.91. The number of rotatable bonds is 14. The average molecular weight is 474 g/mol. The molecule has 0 saturated heterocycles. The number of hydrogen-bond donors (Lipinski definition) is 2. The third-order valence-electron chi connectivity index (χ3n) is 5.91. The van der Waals surface area contributed by atoms with Crippen molar-refractivity contribution in [1.82, 2.24) is 0 Å². The van der Waals surface area contributed by atoms with Crippen LogP contribution in [-0.2, 0) is 26.2 Å². The zero-order valence-electron chi connectivity index (χ0n) is 21.1. The molecular weight excluding hydrogens is 434 g/mol. The maximum Gasteiger partial charge on any atom is 0.411 e. The molecule has 0 heterocycles. The van der Waals surface area contributed by atoms with Crippen LogP contribution in [0.15, 0.2) is 36.4 Å². The van der Waals surface area contributed by atoms with Crippen molar-refractivity contribution in [3.05, 3.63) is 47.5 Å². The summed E-state index contributed by atoms with van der Waals surface area (Å²) in [6, 6.07) is 11.6. The monoisotopic (exact) mass is 473 g/mol. The molecule has 0 unspecified atom stereocenters. The number of hydrogen-bond acceptors (Lipinski definition) is 6. The second kappa shape index (κ2) is 13.9. The minimum Gasteiger partial charge on any atom is -0.467 e. The van der Waals surface area contributed by atoms with Crippen LogP contribution in [0.25, 0.3) is 11.1 Å². The first-order valence-corrected chi connectivity index (χ1v) is 11.8. The van der Waals surface area contributed by atoms with Crippen molar-refractivity contribution < 1.29 is 28.8 Å². The lowest BCUT2D eigenvalue weighted by molar-refractivity contribution is -0.0112. The Morgan fingerprint density at radius 3 is 2.41 bits per heavy atom. The maximum absolute atomic E-state index is 11.5. The van der Waals surface area contributed by atoms with Gasteiger partial charge in [0.05, 0.1) is 13.7 Å². The fourth-order valence-electron chi connectivity index (χ4n) is 3.92. The van der Waals surface area contributed by atoms with Crippen molar-refractivity contribution in [3.8, 4) is 16.9 Å². The zero-order chi connectivity index (χ0) is 25.0. The molecule has 7 nitrogen and oxygen atoms in total. The SMILES string of the molecule is CCCCCCC(C)(C)c1cc(COCO)c(-c2ccc(NC(=O)OC)cc2)c(OCOC)c1. The van der Waals surface area contributed by atoms with E-state index in [0.29, 0.717) is 11.4 Å². The van der Waals surface area contributed by atoms with Crippen LogP contribution in [0.4, 0.5) is 10.5 Å². The first-order chi connectivity index (χ1) is 16.4. The van der Waals surface area contributed by atoms with Gasteiger partial charge < -0.3 is 24.1 Å². The molecule has 2 aromatic carbocycles. The number of nitrogens with one attached hydrogen (secondary N) is 1. The highest BCUT2D eigenvalue weighted by Gasteiger charge is 2.24. The van der Waals surface area contributed by atoms with E-state index in [9.17, 15) is 9.90 Å². The highest BCUT2D eigenvalue weighted by Crippen LogP contribution is 2.40. The molecule has 0 fully saturated rings. The molecule has 1 amide bonds.